The van der Waals surface area contributed by atoms with Gasteiger partial charge in [0.15, 0.2) is 5.89 Å². The molecule has 28 heavy (non-hydrogen) atoms. The van der Waals surface area contributed by atoms with Crippen LogP contribution in [0.1, 0.15) is 17.6 Å². The molecule has 144 valence electrons. The van der Waals surface area contributed by atoms with Crippen LogP contribution in [0.3, 0.4) is 0 Å². The zero-order chi connectivity index (χ0) is 19.7. The van der Waals surface area contributed by atoms with Gasteiger partial charge in [-0.15, -0.1) is 11.3 Å². The first-order valence-electron chi connectivity index (χ1n) is 8.60. The quantitative estimate of drug-likeness (QED) is 0.500. The molecular formula is C20H18N2O4S2. The summed E-state index contributed by atoms with van der Waals surface area (Å²) in [6.07, 6.45) is 0.599. The van der Waals surface area contributed by atoms with Crippen molar-refractivity contribution in [2.24, 2.45) is 0 Å². The summed E-state index contributed by atoms with van der Waals surface area (Å²) < 4.78 is 33.9. The molecule has 1 atom stereocenters. The Morgan fingerprint density at radius 1 is 1.18 bits per heavy atom. The summed E-state index contributed by atoms with van der Waals surface area (Å²) in [6, 6.07) is 14.1. The first-order valence-corrected chi connectivity index (χ1v) is 11.0. The number of hydrogen-bond acceptors (Lipinski definition) is 6. The Balaban J connectivity index is 1.48. The number of aryl methyl sites for hydroxylation is 1. The van der Waals surface area contributed by atoms with Gasteiger partial charge in [0.25, 0.3) is 0 Å². The van der Waals surface area contributed by atoms with Gasteiger partial charge in [-0.2, -0.15) is 0 Å². The summed E-state index contributed by atoms with van der Waals surface area (Å²) in [5.41, 5.74) is 2.13. The second-order valence-corrected chi connectivity index (χ2v) is 9.01. The molecule has 0 bridgehead atoms. The monoisotopic (exact) mass is 414 g/mol. The lowest BCUT2D eigenvalue weighted by atomic mass is 10.1. The second kappa shape index (κ2) is 7.48. The molecule has 4 rings (SSSR count). The second-order valence-electron chi connectivity index (χ2n) is 6.33. The molecule has 0 aliphatic carbocycles. The molecule has 2 aromatic heterocycles. The van der Waals surface area contributed by atoms with Gasteiger partial charge < -0.3 is 9.52 Å². The van der Waals surface area contributed by atoms with Gasteiger partial charge in [-0.1, -0.05) is 30.3 Å². The van der Waals surface area contributed by atoms with Crippen molar-refractivity contribution in [1.29, 1.82) is 0 Å². The Morgan fingerprint density at radius 2 is 1.93 bits per heavy atom. The van der Waals surface area contributed by atoms with Crippen LogP contribution in [0.4, 0.5) is 0 Å². The summed E-state index contributed by atoms with van der Waals surface area (Å²) in [5.74, 6) is 0.545. The Hall–Kier alpha value is -2.52. The highest BCUT2D eigenvalue weighted by Crippen LogP contribution is 2.30. The average Bonchev–Trinajstić information content (AvgIpc) is 3.33. The van der Waals surface area contributed by atoms with E-state index >= 15 is 0 Å². The summed E-state index contributed by atoms with van der Waals surface area (Å²) in [5, 5.41) is 13.3. The van der Waals surface area contributed by atoms with Gasteiger partial charge in [0.2, 0.25) is 10.0 Å². The van der Waals surface area contributed by atoms with Gasteiger partial charge in [-0.25, -0.2) is 18.1 Å². The molecule has 1 unspecified atom stereocenters. The fourth-order valence-electron chi connectivity index (χ4n) is 2.94. The number of hydrogen-bond donors (Lipinski definition) is 2. The van der Waals surface area contributed by atoms with E-state index in [0.29, 0.717) is 11.6 Å². The number of nitrogens with one attached hydrogen (secondary N) is 1. The summed E-state index contributed by atoms with van der Waals surface area (Å²) >= 11 is 1.52. The smallest absolute Gasteiger partial charge is 0.240 e. The van der Waals surface area contributed by atoms with Gasteiger partial charge in [0.05, 0.1) is 11.0 Å². The Labute approximate surface area is 166 Å². The Kier molecular flexibility index (Phi) is 5.03. The number of sulfonamides is 1. The zero-order valence-corrected chi connectivity index (χ0v) is 16.6. The number of nitrogens with zero attached hydrogens (tertiary/aromatic N) is 1. The van der Waals surface area contributed by atoms with Gasteiger partial charge in [-0.05, 0) is 29.0 Å². The molecule has 0 radical (unpaired) electrons. The van der Waals surface area contributed by atoms with Gasteiger partial charge in [0.1, 0.15) is 12.0 Å². The minimum Gasteiger partial charge on any atom is -0.449 e. The molecule has 0 aliphatic rings. The maximum atomic E-state index is 12.6. The molecule has 2 N–H and O–H groups in total. The van der Waals surface area contributed by atoms with Crippen LogP contribution in [0.2, 0.25) is 0 Å². The van der Waals surface area contributed by atoms with Gasteiger partial charge >= 0.3 is 0 Å². The normalized spacial score (nSPS) is 13.1. The fourth-order valence-corrected chi connectivity index (χ4v) is 4.99. The molecule has 2 aromatic carbocycles. The van der Waals surface area contributed by atoms with Crippen LogP contribution in [0.5, 0.6) is 0 Å². The molecule has 0 spiro atoms. The number of aliphatic hydroxyl groups excluding tert-OH is 1. The van der Waals surface area contributed by atoms with Gasteiger partial charge in [0, 0.05) is 29.3 Å². The topological polar surface area (TPSA) is 92.4 Å². The van der Waals surface area contributed by atoms with Crippen molar-refractivity contribution in [1.82, 2.24) is 9.71 Å². The molecule has 8 heteroatoms. The van der Waals surface area contributed by atoms with E-state index in [2.05, 4.69) is 9.71 Å². The van der Waals surface area contributed by atoms with E-state index < -0.39 is 16.1 Å². The van der Waals surface area contributed by atoms with Crippen molar-refractivity contribution >= 4 is 31.4 Å². The SMILES string of the molecule is Cc1nc(-c2ccc(S(=O)(=O)NCC(O)c3csc4ccccc34)cc2)co1. The predicted octanol–water partition coefficient (Wildman–Crippen LogP) is 3.88. The van der Waals surface area contributed by atoms with Crippen LogP contribution in [0.15, 0.2) is 69.5 Å². The lowest BCUT2D eigenvalue weighted by Crippen LogP contribution is -2.28. The van der Waals surface area contributed by atoms with E-state index in [1.807, 2.05) is 29.6 Å². The molecule has 0 amide bonds. The number of oxazole rings is 1. The summed E-state index contributed by atoms with van der Waals surface area (Å²) in [7, 11) is -3.74. The van der Waals surface area contributed by atoms with Gasteiger partial charge in [-0.3, -0.25) is 0 Å². The lowest BCUT2D eigenvalue weighted by Gasteiger charge is -2.12. The summed E-state index contributed by atoms with van der Waals surface area (Å²) in [6.45, 7) is 1.64. The number of aromatic nitrogens is 1. The van der Waals surface area contributed by atoms with E-state index in [0.717, 1.165) is 21.2 Å². The van der Waals surface area contributed by atoms with E-state index in [1.165, 1.54) is 29.7 Å². The molecule has 6 nitrogen and oxygen atoms in total. The highest BCUT2D eigenvalue weighted by molar-refractivity contribution is 7.89. The third-order valence-corrected chi connectivity index (χ3v) is 6.84. The molecule has 0 fully saturated rings. The Morgan fingerprint density at radius 3 is 2.64 bits per heavy atom. The maximum Gasteiger partial charge on any atom is 0.240 e. The van der Waals surface area contributed by atoms with Crippen molar-refractivity contribution in [2.75, 3.05) is 6.54 Å². The number of rotatable bonds is 6. The molecular weight excluding hydrogens is 396 g/mol. The van der Waals surface area contributed by atoms with Crippen molar-refractivity contribution in [3.8, 4) is 11.3 Å². The van der Waals surface area contributed by atoms with Crippen molar-refractivity contribution < 1.29 is 17.9 Å². The predicted molar refractivity (Wildman–Crippen MR) is 109 cm³/mol. The molecule has 0 saturated heterocycles. The van der Waals surface area contributed by atoms with Crippen LogP contribution in [-0.4, -0.2) is 25.1 Å². The van der Waals surface area contributed by atoms with Crippen LogP contribution in [-0.2, 0) is 10.0 Å². The summed E-state index contributed by atoms with van der Waals surface area (Å²) in [4.78, 5) is 4.35. The third kappa shape index (κ3) is 3.72. The minimum absolute atomic E-state index is 0.104. The standard InChI is InChI=1S/C20H18N2O4S2/c1-13-22-18(11-26-13)14-6-8-15(9-7-14)28(24,25)21-10-19(23)17-12-27-20-5-3-2-4-16(17)20/h2-9,11-12,19,21,23H,10H2,1H3. The number of thiophene rings is 1. The van der Waals surface area contributed by atoms with Crippen LogP contribution >= 0.6 is 11.3 Å². The number of fused-ring (bicyclic) bond motifs is 1. The molecule has 0 aliphatic heterocycles. The third-order valence-electron chi connectivity index (χ3n) is 4.42. The largest absolute Gasteiger partial charge is 0.449 e. The molecule has 4 aromatic rings. The maximum absolute atomic E-state index is 12.6. The highest BCUT2D eigenvalue weighted by Gasteiger charge is 2.19. The van der Waals surface area contributed by atoms with Crippen molar-refractivity contribution in [2.45, 2.75) is 17.9 Å². The molecule has 2 heterocycles. The zero-order valence-electron chi connectivity index (χ0n) is 15.0. The highest BCUT2D eigenvalue weighted by atomic mass is 32.2. The minimum atomic E-state index is -3.74. The van der Waals surface area contributed by atoms with Crippen molar-refractivity contribution in [3.05, 3.63) is 71.6 Å². The lowest BCUT2D eigenvalue weighted by molar-refractivity contribution is 0.184. The van der Waals surface area contributed by atoms with E-state index in [4.69, 9.17) is 4.42 Å². The fraction of sp³-hybridized carbons (Fsp3) is 0.150. The first kappa shape index (κ1) is 18.8. The van der Waals surface area contributed by atoms with Crippen LogP contribution in [0, 0.1) is 6.92 Å². The number of aliphatic hydroxyl groups is 1. The van der Waals surface area contributed by atoms with E-state index in [1.54, 1.807) is 19.1 Å². The molecule has 0 saturated carbocycles. The van der Waals surface area contributed by atoms with E-state index in [9.17, 15) is 13.5 Å². The Bertz CT molecular complexity index is 1210. The number of benzene rings is 2. The average molecular weight is 415 g/mol. The van der Waals surface area contributed by atoms with Crippen LogP contribution < -0.4 is 4.72 Å². The van der Waals surface area contributed by atoms with Crippen LogP contribution in [0.25, 0.3) is 21.3 Å². The van der Waals surface area contributed by atoms with E-state index in [-0.39, 0.29) is 11.4 Å². The van der Waals surface area contributed by atoms with Crippen molar-refractivity contribution in [3.63, 3.8) is 0 Å². The first-order chi connectivity index (χ1) is 13.4.